The molecule has 24 heavy (non-hydrogen) atoms. The van der Waals surface area contributed by atoms with Crippen LogP contribution in [-0.2, 0) is 9.59 Å². The quantitative estimate of drug-likeness (QED) is 0.774. The average molecular weight is 331 g/mol. The second-order valence-electron chi connectivity index (χ2n) is 7.01. The fourth-order valence-corrected chi connectivity index (χ4v) is 3.30. The van der Waals surface area contributed by atoms with Crippen molar-refractivity contribution in [3.8, 4) is 0 Å². The van der Waals surface area contributed by atoms with Crippen molar-refractivity contribution in [3.05, 3.63) is 24.3 Å². The van der Waals surface area contributed by atoms with Gasteiger partial charge in [0.1, 0.15) is 0 Å². The molecule has 0 heterocycles. The van der Waals surface area contributed by atoms with Crippen molar-refractivity contribution in [1.82, 2.24) is 5.32 Å². The van der Waals surface area contributed by atoms with E-state index in [0.717, 1.165) is 17.8 Å². The van der Waals surface area contributed by atoms with E-state index in [1.165, 1.54) is 19.8 Å². The summed E-state index contributed by atoms with van der Waals surface area (Å²) in [7, 11) is 0. The second-order valence-corrected chi connectivity index (χ2v) is 7.01. The van der Waals surface area contributed by atoms with Crippen molar-refractivity contribution in [3.63, 3.8) is 0 Å². The molecule has 0 spiro atoms. The number of amides is 2. The van der Waals surface area contributed by atoms with Crippen LogP contribution in [0.1, 0.15) is 47.0 Å². The third kappa shape index (κ3) is 5.06. The number of hydrogen-bond donors (Lipinski definition) is 3. The maximum absolute atomic E-state index is 12.4. The van der Waals surface area contributed by atoms with Crippen LogP contribution in [0, 0.1) is 11.8 Å². The van der Waals surface area contributed by atoms with Gasteiger partial charge < -0.3 is 16.0 Å². The van der Waals surface area contributed by atoms with E-state index in [1.807, 2.05) is 6.92 Å². The normalized spacial score (nSPS) is 24.9. The topological polar surface area (TPSA) is 70.2 Å². The maximum atomic E-state index is 12.4. The monoisotopic (exact) mass is 331 g/mol. The SMILES string of the molecule is CC(=O)Nc1ccc(NC(=O)[C@H](C)N[C@H]2CCC[C@H](C)[C@H]2C)cc1. The smallest absolute Gasteiger partial charge is 0.241 e. The molecule has 0 saturated heterocycles. The lowest BCUT2D eigenvalue weighted by Gasteiger charge is -2.36. The Kier molecular flexibility index (Phi) is 6.37. The fraction of sp³-hybridized carbons (Fsp3) is 0.579. The number of rotatable bonds is 5. The van der Waals surface area contributed by atoms with Crippen LogP contribution < -0.4 is 16.0 Å². The molecule has 5 nitrogen and oxygen atoms in total. The molecular formula is C19H29N3O2. The number of hydrogen-bond acceptors (Lipinski definition) is 3. The minimum absolute atomic E-state index is 0.0345. The van der Waals surface area contributed by atoms with E-state index in [0.29, 0.717) is 17.9 Å². The fourth-order valence-electron chi connectivity index (χ4n) is 3.30. The van der Waals surface area contributed by atoms with Gasteiger partial charge in [0.25, 0.3) is 0 Å². The molecular weight excluding hydrogens is 302 g/mol. The van der Waals surface area contributed by atoms with Crippen LogP contribution in [0.2, 0.25) is 0 Å². The van der Waals surface area contributed by atoms with Crippen molar-refractivity contribution in [2.24, 2.45) is 11.8 Å². The molecule has 5 heteroatoms. The lowest BCUT2D eigenvalue weighted by Crippen LogP contribution is -2.49. The van der Waals surface area contributed by atoms with Gasteiger partial charge in [-0.15, -0.1) is 0 Å². The van der Waals surface area contributed by atoms with Crippen LogP contribution in [0.25, 0.3) is 0 Å². The molecule has 1 fully saturated rings. The van der Waals surface area contributed by atoms with Crippen molar-refractivity contribution >= 4 is 23.2 Å². The summed E-state index contributed by atoms with van der Waals surface area (Å²) in [6, 6.07) is 7.30. The molecule has 0 aliphatic heterocycles. The van der Waals surface area contributed by atoms with E-state index < -0.39 is 0 Å². The van der Waals surface area contributed by atoms with Crippen molar-refractivity contribution in [2.45, 2.75) is 59.0 Å². The van der Waals surface area contributed by atoms with E-state index in [9.17, 15) is 9.59 Å². The first-order valence-electron chi connectivity index (χ1n) is 8.81. The van der Waals surface area contributed by atoms with Gasteiger partial charge in [-0.1, -0.05) is 26.7 Å². The molecule has 0 bridgehead atoms. The first-order chi connectivity index (χ1) is 11.4. The minimum atomic E-state index is -0.238. The Balaban J connectivity index is 1.88. The first kappa shape index (κ1) is 18.5. The molecule has 0 unspecified atom stereocenters. The lowest BCUT2D eigenvalue weighted by atomic mass is 9.78. The number of benzene rings is 1. The van der Waals surface area contributed by atoms with E-state index in [1.54, 1.807) is 24.3 Å². The number of anilines is 2. The highest BCUT2D eigenvalue weighted by Gasteiger charge is 2.29. The number of nitrogens with one attached hydrogen (secondary N) is 3. The Morgan fingerprint density at radius 2 is 1.62 bits per heavy atom. The molecule has 1 aromatic rings. The summed E-state index contributed by atoms with van der Waals surface area (Å²) in [4.78, 5) is 23.4. The molecule has 1 aromatic carbocycles. The Labute approximate surface area is 144 Å². The molecule has 1 saturated carbocycles. The summed E-state index contributed by atoms with van der Waals surface area (Å²) < 4.78 is 0. The minimum Gasteiger partial charge on any atom is -0.326 e. The highest BCUT2D eigenvalue weighted by Crippen LogP contribution is 2.29. The summed E-state index contributed by atoms with van der Waals surface area (Å²) >= 11 is 0. The summed E-state index contributed by atoms with van der Waals surface area (Å²) in [5, 5.41) is 9.12. The van der Waals surface area contributed by atoms with Crippen molar-refractivity contribution < 1.29 is 9.59 Å². The standard InChI is InChI=1S/C19H29N3O2/c1-12-6-5-7-18(13(12)2)20-14(3)19(24)22-17-10-8-16(9-11-17)21-15(4)23/h8-14,18,20H,5-7H2,1-4H3,(H,21,23)(H,22,24)/t12-,13+,14-,18-/m0/s1. The Morgan fingerprint density at radius 3 is 2.21 bits per heavy atom. The van der Waals surface area contributed by atoms with Gasteiger partial charge in [0.05, 0.1) is 6.04 Å². The van der Waals surface area contributed by atoms with Crippen molar-refractivity contribution in [2.75, 3.05) is 10.6 Å². The number of carbonyl (C=O) groups excluding carboxylic acids is 2. The van der Waals surface area contributed by atoms with Crippen LogP contribution in [0.15, 0.2) is 24.3 Å². The largest absolute Gasteiger partial charge is 0.326 e. The molecule has 2 amide bonds. The predicted molar refractivity (Wildman–Crippen MR) is 97.9 cm³/mol. The number of carbonyl (C=O) groups is 2. The lowest BCUT2D eigenvalue weighted by molar-refractivity contribution is -0.118. The van der Waals surface area contributed by atoms with Crippen LogP contribution >= 0.6 is 0 Å². The summed E-state index contributed by atoms with van der Waals surface area (Å²) in [6.45, 7) is 7.94. The van der Waals surface area contributed by atoms with Crippen molar-refractivity contribution in [1.29, 1.82) is 0 Å². The van der Waals surface area contributed by atoms with E-state index in [2.05, 4.69) is 29.8 Å². The molecule has 132 valence electrons. The maximum Gasteiger partial charge on any atom is 0.241 e. The van der Waals surface area contributed by atoms with E-state index >= 15 is 0 Å². The highest BCUT2D eigenvalue weighted by atomic mass is 16.2. The van der Waals surface area contributed by atoms with Gasteiger partial charge in [-0.25, -0.2) is 0 Å². The third-order valence-electron chi connectivity index (χ3n) is 5.04. The second kappa shape index (κ2) is 8.29. The summed E-state index contributed by atoms with van der Waals surface area (Å²) in [6.07, 6.45) is 3.64. The van der Waals surface area contributed by atoms with Gasteiger partial charge in [0.15, 0.2) is 0 Å². The van der Waals surface area contributed by atoms with Gasteiger partial charge >= 0.3 is 0 Å². The van der Waals surface area contributed by atoms with Gasteiger partial charge in [0.2, 0.25) is 11.8 Å². The zero-order valence-electron chi connectivity index (χ0n) is 15.1. The third-order valence-corrected chi connectivity index (χ3v) is 5.04. The average Bonchev–Trinajstić information content (AvgIpc) is 2.53. The Morgan fingerprint density at radius 1 is 1.04 bits per heavy atom. The van der Waals surface area contributed by atoms with Gasteiger partial charge in [-0.2, -0.15) is 0 Å². The summed E-state index contributed by atoms with van der Waals surface area (Å²) in [5.41, 5.74) is 1.45. The predicted octanol–water partition coefficient (Wildman–Crippen LogP) is 3.39. The molecule has 1 aliphatic carbocycles. The first-order valence-corrected chi connectivity index (χ1v) is 8.81. The molecule has 1 aliphatic rings. The summed E-state index contributed by atoms with van der Waals surface area (Å²) in [5.74, 6) is 1.15. The van der Waals surface area contributed by atoms with E-state index in [-0.39, 0.29) is 17.9 Å². The molecule has 2 rings (SSSR count). The van der Waals surface area contributed by atoms with Gasteiger partial charge in [-0.3, -0.25) is 9.59 Å². The highest BCUT2D eigenvalue weighted by molar-refractivity contribution is 5.95. The zero-order valence-corrected chi connectivity index (χ0v) is 15.1. The van der Waals surface area contributed by atoms with E-state index in [4.69, 9.17) is 0 Å². The van der Waals surface area contributed by atoms with Crippen LogP contribution in [0.3, 0.4) is 0 Å². The Bertz CT molecular complexity index is 570. The molecule has 0 radical (unpaired) electrons. The zero-order chi connectivity index (χ0) is 17.7. The molecule has 3 N–H and O–H groups in total. The Hall–Kier alpha value is -1.88. The van der Waals surface area contributed by atoms with Crippen LogP contribution in [-0.4, -0.2) is 23.9 Å². The van der Waals surface area contributed by atoms with Gasteiger partial charge in [-0.05, 0) is 49.4 Å². The molecule has 0 aromatic heterocycles. The van der Waals surface area contributed by atoms with Crippen LogP contribution in [0.5, 0.6) is 0 Å². The van der Waals surface area contributed by atoms with Gasteiger partial charge in [0, 0.05) is 24.3 Å². The molecule has 4 atom stereocenters. The van der Waals surface area contributed by atoms with Crippen LogP contribution in [0.4, 0.5) is 11.4 Å².